The van der Waals surface area contributed by atoms with Crippen LogP contribution in [-0.4, -0.2) is 9.56 Å². The summed E-state index contributed by atoms with van der Waals surface area (Å²) in [5.41, 5.74) is 2.30. The highest BCUT2D eigenvalue weighted by molar-refractivity contribution is 5.53. The second-order valence-electron chi connectivity index (χ2n) is 3.32. The molecular weight excluding hydrogens is 152 g/mol. The molecule has 0 bridgehead atoms. The zero-order valence-corrected chi connectivity index (χ0v) is 7.53. The van der Waals surface area contributed by atoms with Crippen molar-refractivity contribution in [1.29, 1.82) is 0 Å². The van der Waals surface area contributed by atoms with Gasteiger partial charge in [0.25, 0.3) is 0 Å². The Bertz CT molecular complexity index is 397. The van der Waals surface area contributed by atoms with Crippen LogP contribution in [0.2, 0.25) is 0 Å². The van der Waals surface area contributed by atoms with Gasteiger partial charge in [-0.3, -0.25) is 0 Å². The molecule has 0 N–H and O–H groups in total. The van der Waals surface area contributed by atoms with Crippen molar-refractivity contribution in [1.82, 2.24) is 9.56 Å². The number of rotatable bonds is 1. The van der Waals surface area contributed by atoms with Crippen LogP contribution in [0.25, 0.3) is 5.52 Å². The fraction of sp³-hybridized carbons (Fsp3) is 0.444. The molecule has 0 aromatic carbocycles. The van der Waals surface area contributed by atoms with Crippen LogP contribution in [0.1, 0.15) is 31.2 Å². The van der Waals surface area contributed by atoms with E-state index in [-0.39, 0.29) is 0 Å². The van der Waals surface area contributed by atoms with Crippen LogP contribution in [0.3, 0.4) is 0 Å². The zero-order valence-electron chi connectivity index (χ0n) is 7.53. The van der Waals surface area contributed by atoms with Crippen LogP contribution >= 0.6 is 0 Å². The molecule has 0 amide bonds. The van der Waals surface area contributed by atoms with Gasteiger partial charge >= 0.3 is 0 Å². The number of imidazole rings is 1. The Balaban J connectivity index is 2.71. The summed E-state index contributed by atoms with van der Waals surface area (Å²) >= 11 is 0. The molecule has 3 nitrogen and oxygen atoms in total. The van der Waals surface area contributed by atoms with Crippen molar-refractivity contribution in [2.45, 2.75) is 26.7 Å². The summed E-state index contributed by atoms with van der Waals surface area (Å²) in [6.07, 6.45) is 3.66. The summed E-state index contributed by atoms with van der Waals surface area (Å²) in [6, 6.07) is 0. The van der Waals surface area contributed by atoms with E-state index in [1.54, 1.807) is 10.8 Å². The zero-order chi connectivity index (χ0) is 8.72. The van der Waals surface area contributed by atoms with Gasteiger partial charge in [-0.2, -0.15) is 4.57 Å². The first-order chi connectivity index (χ1) is 5.70. The van der Waals surface area contributed by atoms with Gasteiger partial charge in [-0.05, 0) is 12.8 Å². The SMILES string of the molecule is Cc1ncc2c(C(C)C)con12. The molecule has 2 heterocycles. The van der Waals surface area contributed by atoms with Crippen LogP contribution in [0.15, 0.2) is 17.0 Å². The molecule has 0 radical (unpaired) electrons. The number of aromatic nitrogens is 2. The number of nitrogens with zero attached hydrogens (tertiary/aromatic N) is 2. The Hall–Kier alpha value is -1.25. The summed E-state index contributed by atoms with van der Waals surface area (Å²) in [5.74, 6) is 1.39. The number of hydrogen-bond donors (Lipinski definition) is 0. The van der Waals surface area contributed by atoms with E-state index in [9.17, 15) is 0 Å². The molecule has 0 aliphatic carbocycles. The highest BCUT2D eigenvalue weighted by atomic mass is 16.5. The first-order valence-electron chi connectivity index (χ1n) is 4.12. The average molecular weight is 164 g/mol. The Labute approximate surface area is 71.0 Å². The molecule has 0 atom stereocenters. The molecule has 0 aliphatic heterocycles. The van der Waals surface area contributed by atoms with Gasteiger partial charge in [-0.25, -0.2) is 4.98 Å². The van der Waals surface area contributed by atoms with Crippen molar-refractivity contribution in [3.8, 4) is 0 Å². The summed E-state index contributed by atoms with van der Waals surface area (Å²) in [6.45, 7) is 6.22. The Kier molecular flexibility index (Phi) is 1.46. The molecular formula is C9H12N2O. The Morgan fingerprint density at radius 2 is 2.25 bits per heavy atom. The standard InChI is InChI=1S/C9H12N2O/c1-6(2)8-5-12-11-7(3)10-4-9(8)11/h4-6H,1-3H3. The number of hydrogen-bond acceptors (Lipinski definition) is 2. The Morgan fingerprint density at radius 1 is 1.50 bits per heavy atom. The third kappa shape index (κ3) is 0.858. The van der Waals surface area contributed by atoms with Crippen LogP contribution in [-0.2, 0) is 0 Å². The van der Waals surface area contributed by atoms with Crippen LogP contribution < -0.4 is 0 Å². The first-order valence-corrected chi connectivity index (χ1v) is 4.12. The minimum Gasteiger partial charge on any atom is -0.381 e. The minimum atomic E-state index is 0.488. The molecule has 2 rings (SSSR count). The van der Waals surface area contributed by atoms with Gasteiger partial charge < -0.3 is 4.52 Å². The van der Waals surface area contributed by atoms with E-state index < -0.39 is 0 Å². The molecule has 0 unspecified atom stereocenters. The molecule has 64 valence electrons. The summed E-state index contributed by atoms with van der Waals surface area (Å²) in [4.78, 5) is 4.17. The third-order valence-electron chi connectivity index (χ3n) is 2.09. The van der Waals surface area contributed by atoms with Gasteiger partial charge in [0.2, 0.25) is 0 Å². The van der Waals surface area contributed by atoms with Gasteiger partial charge in [-0.15, -0.1) is 0 Å². The predicted molar refractivity (Wildman–Crippen MR) is 46.3 cm³/mol. The molecule has 0 aliphatic rings. The minimum absolute atomic E-state index is 0.488. The van der Waals surface area contributed by atoms with E-state index in [0.29, 0.717) is 5.92 Å². The van der Waals surface area contributed by atoms with E-state index >= 15 is 0 Å². The fourth-order valence-electron chi connectivity index (χ4n) is 1.36. The lowest BCUT2D eigenvalue weighted by molar-refractivity contribution is 0.366. The summed E-state index contributed by atoms with van der Waals surface area (Å²) in [7, 11) is 0. The van der Waals surface area contributed by atoms with Gasteiger partial charge in [0.15, 0.2) is 0 Å². The maximum atomic E-state index is 5.34. The predicted octanol–water partition coefficient (Wildman–Crippen LogP) is 2.36. The average Bonchev–Trinajstić information content (AvgIpc) is 2.53. The third-order valence-corrected chi connectivity index (χ3v) is 2.09. The van der Waals surface area contributed by atoms with Gasteiger partial charge in [0, 0.05) is 5.56 Å². The molecule has 0 fully saturated rings. The fourth-order valence-corrected chi connectivity index (χ4v) is 1.36. The molecule has 0 spiro atoms. The quantitative estimate of drug-likeness (QED) is 0.647. The lowest BCUT2D eigenvalue weighted by atomic mass is 10.1. The highest BCUT2D eigenvalue weighted by Gasteiger charge is 2.10. The molecule has 0 saturated heterocycles. The maximum Gasteiger partial charge on any atom is 0.142 e. The van der Waals surface area contributed by atoms with Gasteiger partial charge in [0.05, 0.1) is 6.20 Å². The highest BCUT2D eigenvalue weighted by Crippen LogP contribution is 2.22. The topological polar surface area (TPSA) is 30.4 Å². The second-order valence-corrected chi connectivity index (χ2v) is 3.32. The monoisotopic (exact) mass is 164 g/mol. The van der Waals surface area contributed by atoms with Crippen molar-refractivity contribution in [3.63, 3.8) is 0 Å². The lowest BCUT2D eigenvalue weighted by Gasteiger charge is -1.96. The van der Waals surface area contributed by atoms with Crippen molar-refractivity contribution >= 4 is 5.52 Å². The van der Waals surface area contributed by atoms with E-state index in [1.165, 1.54) is 5.56 Å². The molecule has 2 aromatic heterocycles. The first kappa shape index (κ1) is 7.40. The van der Waals surface area contributed by atoms with E-state index in [1.807, 2.05) is 13.1 Å². The lowest BCUT2D eigenvalue weighted by Crippen LogP contribution is -1.84. The van der Waals surface area contributed by atoms with E-state index in [0.717, 1.165) is 11.3 Å². The molecule has 12 heavy (non-hydrogen) atoms. The van der Waals surface area contributed by atoms with E-state index in [4.69, 9.17) is 4.52 Å². The molecule has 3 heteroatoms. The van der Waals surface area contributed by atoms with Crippen molar-refractivity contribution in [2.75, 3.05) is 0 Å². The van der Waals surface area contributed by atoms with Crippen molar-refractivity contribution in [2.24, 2.45) is 0 Å². The van der Waals surface area contributed by atoms with E-state index in [2.05, 4.69) is 18.8 Å². The summed E-state index contributed by atoms with van der Waals surface area (Å²) < 4.78 is 7.09. The second kappa shape index (κ2) is 2.37. The number of fused-ring (bicyclic) bond motifs is 1. The van der Waals surface area contributed by atoms with Crippen LogP contribution in [0, 0.1) is 6.92 Å². The molecule has 2 aromatic rings. The van der Waals surface area contributed by atoms with Crippen molar-refractivity contribution < 1.29 is 4.52 Å². The number of aryl methyl sites for hydroxylation is 1. The molecule has 0 saturated carbocycles. The van der Waals surface area contributed by atoms with Crippen molar-refractivity contribution in [3.05, 3.63) is 23.8 Å². The normalized spacial score (nSPS) is 11.7. The largest absolute Gasteiger partial charge is 0.381 e. The van der Waals surface area contributed by atoms with Crippen LogP contribution in [0.5, 0.6) is 0 Å². The smallest absolute Gasteiger partial charge is 0.142 e. The summed E-state index contributed by atoms with van der Waals surface area (Å²) in [5, 5.41) is 0. The Morgan fingerprint density at radius 3 is 2.92 bits per heavy atom. The van der Waals surface area contributed by atoms with Crippen LogP contribution in [0.4, 0.5) is 0 Å². The van der Waals surface area contributed by atoms with Gasteiger partial charge in [-0.1, -0.05) is 13.8 Å². The maximum absolute atomic E-state index is 5.34. The van der Waals surface area contributed by atoms with Gasteiger partial charge in [0.1, 0.15) is 17.6 Å².